The van der Waals surface area contributed by atoms with Crippen LogP contribution in [0.25, 0.3) is 0 Å². The maximum absolute atomic E-state index is 12.2. The first-order chi connectivity index (χ1) is 17.5. The highest BCUT2D eigenvalue weighted by molar-refractivity contribution is 8.00. The molecule has 0 saturated heterocycles. The van der Waals surface area contributed by atoms with Crippen LogP contribution in [0.15, 0.2) is 95.1 Å². The minimum absolute atomic E-state index is 0.136. The number of thioether (sulfide) groups is 2. The Balaban J connectivity index is 1.37. The average Bonchev–Trinajstić information content (AvgIpc) is 2.92. The highest BCUT2D eigenvalue weighted by Crippen LogP contribution is 2.18. The van der Waals surface area contributed by atoms with E-state index < -0.39 is 0 Å². The van der Waals surface area contributed by atoms with Gasteiger partial charge in [0.25, 0.3) is 11.8 Å². The molecule has 3 rings (SSSR count). The van der Waals surface area contributed by atoms with Crippen molar-refractivity contribution in [2.75, 3.05) is 0 Å². The van der Waals surface area contributed by atoms with Crippen LogP contribution < -0.4 is 10.9 Å². The summed E-state index contributed by atoms with van der Waals surface area (Å²) in [6.07, 6.45) is 3.20. The van der Waals surface area contributed by atoms with Crippen molar-refractivity contribution in [3.63, 3.8) is 0 Å². The van der Waals surface area contributed by atoms with Crippen LogP contribution in [0.3, 0.4) is 0 Å². The highest BCUT2D eigenvalue weighted by atomic mass is 32.2. The van der Waals surface area contributed by atoms with Crippen molar-refractivity contribution >= 4 is 47.8 Å². The van der Waals surface area contributed by atoms with Crippen molar-refractivity contribution in [1.29, 1.82) is 0 Å². The van der Waals surface area contributed by atoms with Gasteiger partial charge in [-0.1, -0.05) is 84.9 Å². The molecular weight excluding hydrogens is 488 g/mol. The quantitative estimate of drug-likeness (QED) is 0.254. The van der Waals surface area contributed by atoms with E-state index in [2.05, 4.69) is 21.1 Å². The number of hydrazone groups is 2. The Bertz CT molecular complexity index is 1060. The number of rotatable bonds is 12. The Morgan fingerprint density at radius 1 is 0.667 bits per heavy atom. The van der Waals surface area contributed by atoms with Gasteiger partial charge in [-0.25, -0.2) is 10.9 Å². The zero-order chi connectivity index (χ0) is 25.6. The molecule has 2 atom stereocenters. The number of carbonyl (C=O) groups is 2. The molecule has 3 aromatic carbocycles. The van der Waals surface area contributed by atoms with Gasteiger partial charge in [-0.2, -0.15) is 10.2 Å². The maximum Gasteiger partial charge on any atom is 0.252 e. The first-order valence-corrected chi connectivity index (χ1v) is 13.7. The van der Waals surface area contributed by atoms with E-state index in [1.165, 1.54) is 11.1 Å². The van der Waals surface area contributed by atoms with E-state index in [0.29, 0.717) is 0 Å². The second-order valence-corrected chi connectivity index (χ2v) is 10.7. The molecule has 0 spiro atoms. The van der Waals surface area contributed by atoms with E-state index in [0.717, 1.165) is 22.6 Å². The molecule has 0 aromatic heterocycles. The minimum Gasteiger partial charge on any atom is -0.272 e. The Morgan fingerprint density at radius 3 is 1.39 bits per heavy atom. The molecule has 186 valence electrons. The summed E-state index contributed by atoms with van der Waals surface area (Å²) >= 11 is 3.13. The van der Waals surface area contributed by atoms with Crippen LogP contribution in [0.4, 0.5) is 0 Å². The molecule has 0 radical (unpaired) electrons. The lowest BCUT2D eigenvalue weighted by molar-refractivity contribution is -0.121. The van der Waals surface area contributed by atoms with Crippen LogP contribution in [0.5, 0.6) is 0 Å². The number of hydrogen-bond acceptors (Lipinski definition) is 6. The Kier molecular flexibility index (Phi) is 11.3. The molecule has 0 bridgehead atoms. The van der Waals surface area contributed by atoms with Crippen LogP contribution in [0.2, 0.25) is 0 Å². The van der Waals surface area contributed by atoms with Crippen molar-refractivity contribution in [3.8, 4) is 0 Å². The van der Waals surface area contributed by atoms with Gasteiger partial charge in [0, 0.05) is 11.5 Å². The van der Waals surface area contributed by atoms with Crippen molar-refractivity contribution in [3.05, 3.63) is 107 Å². The van der Waals surface area contributed by atoms with Gasteiger partial charge in [-0.05, 0) is 36.1 Å². The van der Waals surface area contributed by atoms with E-state index in [1.807, 2.05) is 98.8 Å². The number of amides is 2. The predicted octanol–water partition coefficient (Wildman–Crippen LogP) is 5.23. The molecule has 2 N–H and O–H groups in total. The molecule has 2 amide bonds. The minimum atomic E-state index is -0.212. The monoisotopic (exact) mass is 518 g/mol. The van der Waals surface area contributed by atoms with Crippen LogP contribution in [-0.4, -0.2) is 34.7 Å². The van der Waals surface area contributed by atoms with Gasteiger partial charge < -0.3 is 0 Å². The summed E-state index contributed by atoms with van der Waals surface area (Å²) in [4.78, 5) is 24.5. The second-order valence-electron chi connectivity index (χ2n) is 8.01. The standard InChI is InChI=1S/C28H30N4O2S2/c1-21(35-19-25-9-5-3-6-10-25)27(33)31-29-17-23-13-15-24(16-14-23)18-30-32-28(34)22(2)36-20-26-11-7-4-8-12-26/h3-18,21-22H,19-20H2,1-2H3,(H,31,33)(H,32,34)/b29-17-,30-18-/t21-,22-/m0/s1. The first kappa shape index (κ1) is 27.2. The summed E-state index contributed by atoms with van der Waals surface area (Å²) in [6.45, 7) is 3.74. The largest absolute Gasteiger partial charge is 0.272 e. The molecule has 0 aliphatic heterocycles. The number of benzene rings is 3. The Hall–Kier alpha value is -3.36. The fraction of sp³-hybridized carbons (Fsp3) is 0.214. The summed E-state index contributed by atoms with van der Waals surface area (Å²) in [5.41, 5.74) is 9.24. The van der Waals surface area contributed by atoms with Gasteiger partial charge in [0.15, 0.2) is 0 Å². The molecule has 3 aromatic rings. The highest BCUT2D eigenvalue weighted by Gasteiger charge is 2.13. The fourth-order valence-electron chi connectivity index (χ4n) is 2.93. The third-order valence-electron chi connectivity index (χ3n) is 5.14. The van der Waals surface area contributed by atoms with Gasteiger partial charge in [-0.15, -0.1) is 23.5 Å². The summed E-state index contributed by atoms with van der Waals surface area (Å²) in [5, 5.41) is 7.70. The molecule has 0 unspecified atom stereocenters. The normalized spacial score (nSPS) is 12.9. The molecule has 6 nitrogen and oxygen atoms in total. The zero-order valence-electron chi connectivity index (χ0n) is 20.3. The van der Waals surface area contributed by atoms with Crippen LogP contribution >= 0.6 is 23.5 Å². The van der Waals surface area contributed by atoms with Crippen LogP contribution in [0.1, 0.15) is 36.1 Å². The summed E-state index contributed by atoms with van der Waals surface area (Å²) in [6, 6.07) is 27.6. The number of carbonyl (C=O) groups excluding carboxylic acids is 2. The van der Waals surface area contributed by atoms with Crippen LogP contribution in [0, 0.1) is 0 Å². The van der Waals surface area contributed by atoms with Gasteiger partial charge in [-0.3, -0.25) is 9.59 Å². The van der Waals surface area contributed by atoms with Crippen molar-refractivity contribution in [2.45, 2.75) is 35.9 Å². The smallest absolute Gasteiger partial charge is 0.252 e. The van der Waals surface area contributed by atoms with E-state index >= 15 is 0 Å². The van der Waals surface area contributed by atoms with E-state index in [4.69, 9.17) is 0 Å². The Morgan fingerprint density at radius 2 is 1.03 bits per heavy atom. The van der Waals surface area contributed by atoms with E-state index in [9.17, 15) is 9.59 Å². The molecule has 0 fully saturated rings. The number of nitrogens with zero attached hydrogens (tertiary/aromatic N) is 2. The van der Waals surface area contributed by atoms with Crippen molar-refractivity contribution < 1.29 is 9.59 Å². The summed E-state index contributed by atoms with van der Waals surface area (Å²) in [7, 11) is 0. The van der Waals surface area contributed by atoms with Crippen molar-refractivity contribution in [1.82, 2.24) is 10.9 Å². The van der Waals surface area contributed by atoms with Gasteiger partial charge >= 0.3 is 0 Å². The SMILES string of the molecule is C[C@H](SCc1ccccc1)C(=O)N/N=C\c1ccc(/C=N\NC(=O)[C@H](C)SCc2ccccc2)cc1. The molecule has 0 aliphatic rings. The second kappa shape index (κ2) is 14.9. The molecule has 8 heteroatoms. The topological polar surface area (TPSA) is 82.9 Å². The lowest BCUT2D eigenvalue weighted by Crippen LogP contribution is -2.27. The third-order valence-corrected chi connectivity index (χ3v) is 7.57. The molecule has 0 aliphatic carbocycles. The van der Waals surface area contributed by atoms with Gasteiger partial charge in [0.05, 0.1) is 22.9 Å². The summed E-state index contributed by atoms with van der Waals surface area (Å²) < 4.78 is 0. The molecule has 0 heterocycles. The lowest BCUT2D eigenvalue weighted by atomic mass is 10.2. The van der Waals surface area contributed by atoms with Gasteiger partial charge in [0.1, 0.15) is 0 Å². The maximum atomic E-state index is 12.2. The molecule has 36 heavy (non-hydrogen) atoms. The van der Waals surface area contributed by atoms with E-state index in [1.54, 1.807) is 36.0 Å². The molecule has 0 saturated carbocycles. The average molecular weight is 519 g/mol. The predicted molar refractivity (Wildman–Crippen MR) is 152 cm³/mol. The number of nitrogens with one attached hydrogen (secondary N) is 2. The van der Waals surface area contributed by atoms with Crippen molar-refractivity contribution in [2.24, 2.45) is 10.2 Å². The fourth-order valence-corrected chi connectivity index (χ4v) is 4.61. The number of hydrogen-bond donors (Lipinski definition) is 2. The molecular formula is C28H30N4O2S2. The van der Waals surface area contributed by atoms with E-state index in [-0.39, 0.29) is 22.3 Å². The van der Waals surface area contributed by atoms with Crippen LogP contribution in [-0.2, 0) is 21.1 Å². The lowest BCUT2D eigenvalue weighted by Gasteiger charge is -2.09. The van der Waals surface area contributed by atoms with Gasteiger partial charge in [0.2, 0.25) is 0 Å². The summed E-state index contributed by atoms with van der Waals surface area (Å²) in [5.74, 6) is 1.27. The Labute approximate surface area is 221 Å². The third kappa shape index (κ3) is 9.71. The first-order valence-electron chi connectivity index (χ1n) is 11.6. The zero-order valence-corrected chi connectivity index (χ0v) is 22.0.